The quantitative estimate of drug-likeness (QED) is 0.307. The first-order valence-corrected chi connectivity index (χ1v) is 4.84. The number of hydroxylamine groups is 1. The standard InChI is InChI=1S/C10H22N2O/c1-7-9(3,11-5)10(4,8-2)12(6)13/h11H,6-8H2,1-5H3. The van der Waals surface area contributed by atoms with Crippen molar-refractivity contribution in [3.05, 3.63) is 5.21 Å². The van der Waals surface area contributed by atoms with E-state index in [0.717, 1.165) is 17.6 Å². The molecule has 2 atom stereocenters. The Morgan fingerprint density at radius 1 is 1.31 bits per heavy atom. The van der Waals surface area contributed by atoms with Crippen molar-refractivity contribution in [2.45, 2.75) is 51.6 Å². The van der Waals surface area contributed by atoms with Crippen molar-refractivity contribution in [2.24, 2.45) is 0 Å². The summed E-state index contributed by atoms with van der Waals surface area (Å²) in [5.41, 5.74) is -0.637. The minimum atomic E-state index is -0.448. The first-order valence-electron chi connectivity index (χ1n) is 4.84. The molecule has 0 aliphatic heterocycles. The zero-order valence-corrected chi connectivity index (χ0v) is 9.48. The molecular weight excluding hydrogens is 164 g/mol. The van der Waals surface area contributed by atoms with Gasteiger partial charge in [0.2, 0.25) is 0 Å². The fraction of sp³-hybridized carbons (Fsp3) is 0.900. The average Bonchev–Trinajstić information content (AvgIpc) is 2.14. The highest BCUT2D eigenvalue weighted by Crippen LogP contribution is 2.30. The van der Waals surface area contributed by atoms with Gasteiger partial charge < -0.3 is 10.5 Å². The monoisotopic (exact) mass is 186 g/mol. The molecular formula is C10H22N2O. The number of hydrogen-bond acceptors (Lipinski definition) is 2. The van der Waals surface area contributed by atoms with Crippen LogP contribution in [0.15, 0.2) is 0 Å². The Bertz CT molecular complexity index is 187. The van der Waals surface area contributed by atoms with Crippen LogP contribution in [0.5, 0.6) is 0 Å². The highest BCUT2D eigenvalue weighted by atomic mass is 16.5. The van der Waals surface area contributed by atoms with Crippen LogP contribution in [0.2, 0.25) is 0 Å². The van der Waals surface area contributed by atoms with Gasteiger partial charge in [0.25, 0.3) is 0 Å². The molecule has 0 aromatic heterocycles. The molecule has 0 bridgehead atoms. The third kappa shape index (κ3) is 1.85. The third-order valence-corrected chi connectivity index (χ3v) is 3.69. The van der Waals surface area contributed by atoms with Crippen LogP contribution in [0.1, 0.15) is 40.5 Å². The molecule has 1 N–H and O–H groups in total. The van der Waals surface area contributed by atoms with Gasteiger partial charge >= 0.3 is 0 Å². The number of rotatable bonds is 5. The Morgan fingerprint density at radius 2 is 1.77 bits per heavy atom. The number of nitrogens with one attached hydrogen (secondary N) is 1. The molecule has 0 aromatic rings. The Labute approximate surface area is 81.4 Å². The molecule has 0 aliphatic carbocycles. The van der Waals surface area contributed by atoms with Crippen molar-refractivity contribution in [3.8, 4) is 0 Å². The maximum Gasteiger partial charge on any atom is 0.186 e. The second kappa shape index (κ2) is 4.09. The molecule has 0 aromatic carbocycles. The van der Waals surface area contributed by atoms with E-state index in [2.05, 4.69) is 25.9 Å². The molecule has 3 nitrogen and oxygen atoms in total. The van der Waals surface area contributed by atoms with Gasteiger partial charge in [-0.05, 0) is 20.4 Å². The van der Waals surface area contributed by atoms with Gasteiger partial charge in [-0.15, -0.1) is 0 Å². The minimum absolute atomic E-state index is 0.189. The van der Waals surface area contributed by atoms with E-state index in [0.29, 0.717) is 0 Å². The summed E-state index contributed by atoms with van der Waals surface area (Å²) in [6, 6.07) is 0. The highest BCUT2D eigenvalue weighted by Gasteiger charge is 2.47. The molecule has 0 saturated heterocycles. The minimum Gasteiger partial charge on any atom is -0.624 e. The summed E-state index contributed by atoms with van der Waals surface area (Å²) in [5, 5.41) is 14.6. The van der Waals surface area contributed by atoms with Gasteiger partial charge in [0.15, 0.2) is 5.54 Å². The molecule has 78 valence electrons. The van der Waals surface area contributed by atoms with E-state index < -0.39 is 5.54 Å². The van der Waals surface area contributed by atoms with E-state index in [4.69, 9.17) is 0 Å². The first kappa shape index (κ1) is 12.4. The molecule has 0 radical (unpaired) electrons. The summed E-state index contributed by atoms with van der Waals surface area (Å²) in [4.78, 5) is 0. The van der Waals surface area contributed by atoms with E-state index in [1.54, 1.807) is 0 Å². The van der Waals surface area contributed by atoms with E-state index in [-0.39, 0.29) is 5.54 Å². The highest BCUT2D eigenvalue weighted by molar-refractivity contribution is 5.17. The summed E-state index contributed by atoms with van der Waals surface area (Å²) < 4.78 is 0.826. The Hall–Kier alpha value is -0.570. The fourth-order valence-corrected chi connectivity index (χ4v) is 1.67. The largest absolute Gasteiger partial charge is 0.624 e. The molecule has 0 heterocycles. The van der Waals surface area contributed by atoms with Crippen molar-refractivity contribution in [2.75, 3.05) is 7.05 Å². The number of likely N-dealkylation sites (N-methyl/N-ethyl adjacent to an activating group) is 1. The smallest absolute Gasteiger partial charge is 0.186 e. The van der Waals surface area contributed by atoms with Crippen LogP contribution in [0.4, 0.5) is 0 Å². The fourth-order valence-electron chi connectivity index (χ4n) is 1.67. The zero-order chi connectivity index (χ0) is 10.7. The normalized spacial score (nSPS) is 20.4. The second-order valence-electron chi connectivity index (χ2n) is 3.94. The Kier molecular flexibility index (Phi) is 3.91. The Balaban J connectivity index is 5.03. The van der Waals surface area contributed by atoms with Crippen LogP contribution in [0.25, 0.3) is 0 Å². The zero-order valence-electron chi connectivity index (χ0n) is 9.48. The lowest BCUT2D eigenvalue weighted by Crippen LogP contribution is -2.62. The SMILES string of the molecule is C=[N+]([O-])C(C)(CC)C(C)(CC)NC. The molecule has 0 saturated carbocycles. The maximum atomic E-state index is 11.4. The van der Waals surface area contributed by atoms with Crippen LogP contribution >= 0.6 is 0 Å². The number of nitrogens with zero attached hydrogens (tertiary/aromatic N) is 1. The summed E-state index contributed by atoms with van der Waals surface area (Å²) in [6.07, 6.45) is 1.69. The second-order valence-corrected chi connectivity index (χ2v) is 3.94. The van der Waals surface area contributed by atoms with Gasteiger partial charge in [0, 0.05) is 13.3 Å². The van der Waals surface area contributed by atoms with E-state index >= 15 is 0 Å². The van der Waals surface area contributed by atoms with E-state index in [9.17, 15) is 5.21 Å². The van der Waals surface area contributed by atoms with Gasteiger partial charge in [-0.2, -0.15) is 0 Å². The predicted octanol–water partition coefficient (Wildman–Crippen LogP) is 1.75. The summed E-state index contributed by atoms with van der Waals surface area (Å²) in [7, 11) is 1.89. The van der Waals surface area contributed by atoms with Crippen LogP contribution in [-0.2, 0) is 0 Å². The van der Waals surface area contributed by atoms with Crippen molar-refractivity contribution in [3.63, 3.8) is 0 Å². The van der Waals surface area contributed by atoms with Crippen LogP contribution in [0, 0.1) is 5.21 Å². The molecule has 2 unspecified atom stereocenters. The molecule has 0 amide bonds. The first-order chi connectivity index (χ1) is 5.88. The van der Waals surface area contributed by atoms with Gasteiger partial charge in [0.05, 0.1) is 5.54 Å². The number of hydrogen-bond donors (Lipinski definition) is 1. The summed E-state index contributed by atoms with van der Waals surface area (Å²) >= 11 is 0. The van der Waals surface area contributed by atoms with Crippen molar-refractivity contribution in [1.82, 2.24) is 5.32 Å². The molecule has 0 fully saturated rings. The van der Waals surface area contributed by atoms with Crippen LogP contribution in [-0.4, -0.2) is 29.6 Å². The topological polar surface area (TPSA) is 38.1 Å². The predicted molar refractivity (Wildman–Crippen MR) is 57.2 cm³/mol. The molecule has 0 rings (SSSR count). The summed E-state index contributed by atoms with van der Waals surface area (Å²) in [5.74, 6) is 0. The van der Waals surface area contributed by atoms with E-state index in [1.165, 1.54) is 0 Å². The van der Waals surface area contributed by atoms with Crippen LogP contribution < -0.4 is 5.32 Å². The molecule has 0 spiro atoms. The lowest BCUT2D eigenvalue weighted by molar-refractivity contribution is -0.553. The maximum absolute atomic E-state index is 11.4. The molecule has 3 heteroatoms. The third-order valence-electron chi connectivity index (χ3n) is 3.69. The summed E-state index contributed by atoms with van der Waals surface area (Å²) in [6.45, 7) is 11.6. The lowest BCUT2D eigenvalue weighted by atomic mass is 9.76. The van der Waals surface area contributed by atoms with Crippen molar-refractivity contribution >= 4 is 6.72 Å². The molecule has 13 heavy (non-hydrogen) atoms. The lowest BCUT2D eigenvalue weighted by Gasteiger charge is -2.42. The van der Waals surface area contributed by atoms with E-state index in [1.807, 2.05) is 20.9 Å². The van der Waals surface area contributed by atoms with Crippen LogP contribution in [0.3, 0.4) is 0 Å². The van der Waals surface area contributed by atoms with Gasteiger partial charge in [-0.1, -0.05) is 13.8 Å². The van der Waals surface area contributed by atoms with Crippen molar-refractivity contribution in [1.29, 1.82) is 0 Å². The van der Waals surface area contributed by atoms with Gasteiger partial charge in [-0.3, -0.25) is 0 Å². The van der Waals surface area contributed by atoms with Gasteiger partial charge in [0.1, 0.15) is 6.72 Å². The van der Waals surface area contributed by atoms with Gasteiger partial charge in [-0.25, -0.2) is 4.74 Å². The Morgan fingerprint density at radius 3 is 1.85 bits per heavy atom. The molecule has 0 aliphatic rings. The van der Waals surface area contributed by atoms with Crippen molar-refractivity contribution < 1.29 is 4.74 Å². The average molecular weight is 186 g/mol.